The summed E-state index contributed by atoms with van der Waals surface area (Å²) in [7, 11) is 0. The van der Waals surface area contributed by atoms with Gasteiger partial charge in [-0.2, -0.15) is 26.3 Å². The lowest BCUT2D eigenvalue weighted by molar-refractivity contribution is -0.168. The molecule has 14 heteroatoms. The quantitative estimate of drug-likeness (QED) is 0.435. The lowest BCUT2D eigenvalue weighted by atomic mass is 10.0. The highest BCUT2D eigenvalue weighted by atomic mass is 19.4. The van der Waals surface area contributed by atoms with E-state index in [4.69, 9.17) is 4.74 Å². The molecule has 3 fully saturated rings. The molecule has 0 spiro atoms. The molecule has 0 aromatic heterocycles. The summed E-state index contributed by atoms with van der Waals surface area (Å²) >= 11 is 0. The normalized spacial score (nSPS) is 21.2. The molecule has 2 aromatic carbocycles. The van der Waals surface area contributed by atoms with Gasteiger partial charge in [0.1, 0.15) is 18.8 Å². The second-order valence-corrected chi connectivity index (χ2v) is 10.9. The van der Waals surface area contributed by atoms with Crippen molar-refractivity contribution in [1.29, 1.82) is 0 Å². The fourth-order valence-corrected chi connectivity index (χ4v) is 5.46. The zero-order valence-electron chi connectivity index (χ0n) is 23.0. The molecule has 232 valence electrons. The minimum Gasteiger partial charge on any atom is -0.444 e. The van der Waals surface area contributed by atoms with Crippen LogP contribution in [0, 0.1) is 0 Å². The highest BCUT2D eigenvalue weighted by Gasteiger charge is 2.49. The van der Waals surface area contributed by atoms with Gasteiger partial charge in [-0.1, -0.05) is 30.3 Å². The van der Waals surface area contributed by atoms with Crippen molar-refractivity contribution in [2.24, 2.45) is 0 Å². The van der Waals surface area contributed by atoms with Gasteiger partial charge in [-0.15, -0.1) is 0 Å². The maximum atomic E-state index is 13.6. The van der Waals surface area contributed by atoms with Gasteiger partial charge in [0.25, 0.3) is 0 Å². The molecule has 1 aliphatic carbocycles. The van der Waals surface area contributed by atoms with Crippen molar-refractivity contribution >= 4 is 17.9 Å². The number of alkyl halides is 6. The van der Waals surface area contributed by atoms with Crippen LogP contribution in [-0.2, 0) is 39.8 Å². The molecule has 0 radical (unpaired) electrons. The fraction of sp³-hybridized carbons (Fsp3) is 0.483. The molecule has 8 nitrogen and oxygen atoms in total. The monoisotopic (exact) mass is 612 g/mol. The first-order valence-corrected chi connectivity index (χ1v) is 13.9. The van der Waals surface area contributed by atoms with Gasteiger partial charge in [0.05, 0.1) is 17.7 Å². The van der Waals surface area contributed by atoms with Crippen LogP contribution in [0.5, 0.6) is 0 Å². The molecule has 0 bridgehead atoms. The average molecular weight is 613 g/mol. The van der Waals surface area contributed by atoms with Crippen molar-refractivity contribution in [1.82, 2.24) is 20.0 Å². The number of hydrogen-bond acceptors (Lipinski definition) is 5. The molecule has 3 aliphatic rings. The molecule has 5 rings (SSSR count). The maximum Gasteiger partial charge on any atom is 0.416 e. The predicted octanol–water partition coefficient (Wildman–Crippen LogP) is 4.77. The third-order valence-electron chi connectivity index (χ3n) is 7.74. The second kappa shape index (κ2) is 12.1. The zero-order chi connectivity index (χ0) is 30.9. The molecule has 43 heavy (non-hydrogen) atoms. The summed E-state index contributed by atoms with van der Waals surface area (Å²) in [6.07, 6.45) is -9.80. The van der Waals surface area contributed by atoms with Crippen LogP contribution in [0.4, 0.5) is 31.1 Å². The predicted molar refractivity (Wildman–Crippen MR) is 140 cm³/mol. The minimum atomic E-state index is -5.05. The number of piperazine rings is 1. The van der Waals surface area contributed by atoms with Crippen molar-refractivity contribution in [3.63, 3.8) is 0 Å². The van der Waals surface area contributed by atoms with E-state index in [1.807, 2.05) is 30.3 Å². The molecule has 2 atom stereocenters. The van der Waals surface area contributed by atoms with E-state index in [9.17, 15) is 40.7 Å². The Kier molecular flexibility index (Phi) is 8.59. The number of nitrogens with one attached hydrogen (secondary N) is 1. The van der Waals surface area contributed by atoms with Crippen molar-refractivity contribution in [3.05, 3.63) is 70.8 Å². The number of rotatable bonds is 8. The van der Waals surface area contributed by atoms with E-state index >= 15 is 0 Å². The number of fused-ring (bicyclic) bond motifs is 1. The van der Waals surface area contributed by atoms with Crippen LogP contribution in [0.3, 0.4) is 0 Å². The van der Waals surface area contributed by atoms with Crippen LogP contribution in [-0.4, -0.2) is 70.5 Å². The first-order chi connectivity index (χ1) is 20.3. The fourth-order valence-electron chi connectivity index (χ4n) is 5.46. The van der Waals surface area contributed by atoms with Crippen molar-refractivity contribution < 1.29 is 45.5 Å². The highest BCUT2D eigenvalue weighted by Crippen LogP contribution is 2.37. The Morgan fingerprint density at radius 1 is 0.930 bits per heavy atom. The van der Waals surface area contributed by atoms with E-state index in [0.717, 1.165) is 18.4 Å². The number of benzene rings is 2. The number of nitrogens with zero attached hydrogens (tertiary/aromatic N) is 3. The summed E-state index contributed by atoms with van der Waals surface area (Å²) in [4.78, 5) is 44.1. The van der Waals surface area contributed by atoms with Gasteiger partial charge in [-0.05, 0) is 55.1 Å². The summed E-state index contributed by atoms with van der Waals surface area (Å²) in [6.45, 7) is -0.292. The highest BCUT2D eigenvalue weighted by molar-refractivity contribution is 5.90. The molecular weight excluding hydrogens is 582 g/mol. The molecular formula is C29H30F6N4O4. The Labute approximate surface area is 243 Å². The van der Waals surface area contributed by atoms with Crippen LogP contribution < -0.4 is 5.32 Å². The van der Waals surface area contributed by atoms with E-state index in [2.05, 4.69) is 5.32 Å². The lowest BCUT2D eigenvalue weighted by Crippen LogP contribution is -2.71. The smallest absolute Gasteiger partial charge is 0.416 e. The van der Waals surface area contributed by atoms with Gasteiger partial charge in [-0.25, -0.2) is 4.79 Å². The van der Waals surface area contributed by atoms with Gasteiger partial charge in [0.2, 0.25) is 11.8 Å². The topological polar surface area (TPSA) is 82.2 Å². The zero-order valence-corrected chi connectivity index (χ0v) is 23.0. The number of halogens is 6. The molecule has 2 aliphatic heterocycles. The standard InChI is InChI=1S/C29H30F6N4O4/c30-28(31,32)20-12-19(13-21(14-20)29(33,34)35)17-43-27(42)38-11-9-25(40)39-23(8-10-36-22-6-7-22)26(41)37(16-24(38)39)15-18-4-2-1-3-5-18/h1-5,12-14,22-24,36H,6-11,15-17H2/t23-,24+/m0/s1. The Morgan fingerprint density at radius 2 is 1.58 bits per heavy atom. The van der Waals surface area contributed by atoms with E-state index in [0.29, 0.717) is 31.1 Å². The van der Waals surface area contributed by atoms with Gasteiger partial charge >= 0.3 is 18.4 Å². The van der Waals surface area contributed by atoms with Crippen LogP contribution in [0.15, 0.2) is 48.5 Å². The van der Waals surface area contributed by atoms with Crippen LogP contribution in [0.1, 0.15) is 47.9 Å². The third kappa shape index (κ3) is 7.23. The van der Waals surface area contributed by atoms with E-state index < -0.39 is 54.0 Å². The van der Waals surface area contributed by atoms with Crippen molar-refractivity contribution in [2.45, 2.75) is 69.4 Å². The van der Waals surface area contributed by atoms with Gasteiger partial charge in [-0.3, -0.25) is 14.5 Å². The number of ether oxygens (including phenoxy) is 1. The van der Waals surface area contributed by atoms with E-state index in [-0.39, 0.29) is 43.9 Å². The summed E-state index contributed by atoms with van der Waals surface area (Å²) in [5.41, 5.74) is -2.70. The first-order valence-electron chi connectivity index (χ1n) is 13.9. The Morgan fingerprint density at radius 3 is 2.19 bits per heavy atom. The molecule has 0 unspecified atom stereocenters. The minimum absolute atomic E-state index is 0.00195. The van der Waals surface area contributed by atoms with E-state index in [1.54, 1.807) is 4.90 Å². The van der Waals surface area contributed by atoms with Crippen LogP contribution in [0.2, 0.25) is 0 Å². The first kappa shape index (κ1) is 30.6. The summed E-state index contributed by atoms with van der Waals surface area (Å²) in [5.74, 6) is -0.601. The number of carbonyl (C=O) groups excluding carboxylic acids is 3. The molecule has 2 saturated heterocycles. The summed E-state index contributed by atoms with van der Waals surface area (Å²) in [5, 5.41) is 3.33. The van der Waals surface area contributed by atoms with Crippen molar-refractivity contribution in [3.8, 4) is 0 Å². The van der Waals surface area contributed by atoms with Crippen LogP contribution >= 0.6 is 0 Å². The molecule has 1 saturated carbocycles. The number of hydrogen-bond donors (Lipinski definition) is 1. The molecule has 3 amide bonds. The average Bonchev–Trinajstić information content (AvgIpc) is 3.78. The maximum absolute atomic E-state index is 13.6. The number of carbonyl (C=O) groups is 3. The largest absolute Gasteiger partial charge is 0.444 e. The SMILES string of the molecule is O=C1[C@H](CCNC2CC2)N2C(=O)CCN(C(=O)OCc3cc(C(F)(F)F)cc(C(F)(F)F)c3)[C@H]2CN1Cc1ccccc1. The van der Waals surface area contributed by atoms with Gasteiger partial charge in [0, 0.05) is 25.6 Å². The van der Waals surface area contributed by atoms with Crippen LogP contribution in [0.25, 0.3) is 0 Å². The third-order valence-corrected chi connectivity index (χ3v) is 7.74. The van der Waals surface area contributed by atoms with Gasteiger partial charge in [0.15, 0.2) is 0 Å². The van der Waals surface area contributed by atoms with Gasteiger partial charge < -0.3 is 19.9 Å². The molecule has 1 N–H and O–H groups in total. The Hall–Kier alpha value is -3.81. The molecule has 2 aromatic rings. The lowest BCUT2D eigenvalue weighted by Gasteiger charge is -2.51. The summed E-state index contributed by atoms with van der Waals surface area (Å²) < 4.78 is 84.9. The van der Waals surface area contributed by atoms with E-state index in [1.165, 1.54) is 9.80 Å². The number of amides is 3. The second-order valence-electron chi connectivity index (χ2n) is 10.9. The Bertz CT molecular complexity index is 1320. The summed E-state index contributed by atoms with van der Waals surface area (Å²) in [6, 6.07) is 9.64. The Balaban J connectivity index is 1.36. The molecule has 2 heterocycles. The van der Waals surface area contributed by atoms with Crippen molar-refractivity contribution in [2.75, 3.05) is 19.6 Å².